The van der Waals surface area contributed by atoms with Gasteiger partial charge in [-0.1, -0.05) is 6.07 Å². The van der Waals surface area contributed by atoms with Gasteiger partial charge in [-0.25, -0.2) is 8.42 Å². The van der Waals surface area contributed by atoms with Gasteiger partial charge in [0.05, 0.1) is 11.9 Å². The molecular formula is C19H31N3O3S. The molecule has 0 aromatic heterocycles. The summed E-state index contributed by atoms with van der Waals surface area (Å²) in [5.41, 5.74) is 2.84. The van der Waals surface area contributed by atoms with Crippen molar-refractivity contribution in [1.29, 1.82) is 0 Å². The van der Waals surface area contributed by atoms with Crippen LogP contribution in [0.2, 0.25) is 0 Å². The van der Waals surface area contributed by atoms with E-state index >= 15 is 0 Å². The molecular weight excluding hydrogens is 350 g/mol. The Bertz CT molecular complexity index is 726. The summed E-state index contributed by atoms with van der Waals surface area (Å²) in [7, 11) is -1.29. The van der Waals surface area contributed by atoms with Gasteiger partial charge in [0.15, 0.2) is 0 Å². The molecule has 1 amide bonds. The SMILES string of the molecule is Cc1ccc(N(CCCC(=O)NC2CCN(C)CC2)S(C)(=O)=O)cc1C. The zero-order valence-electron chi connectivity index (χ0n) is 16.3. The maximum Gasteiger partial charge on any atom is 0.232 e. The number of benzene rings is 1. The Morgan fingerprint density at radius 2 is 1.88 bits per heavy atom. The van der Waals surface area contributed by atoms with Crippen LogP contribution in [0, 0.1) is 13.8 Å². The lowest BCUT2D eigenvalue weighted by atomic mass is 10.1. The summed E-state index contributed by atoms with van der Waals surface area (Å²) in [6.07, 6.45) is 3.99. The second kappa shape index (κ2) is 8.86. The molecule has 1 saturated heterocycles. The van der Waals surface area contributed by atoms with E-state index < -0.39 is 10.0 Å². The van der Waals surface area contributed by atoms with Gasteiger partial charge in [0.1, 0.15) is 0 Å². The number of aryl methyl sites for hydroxylation is 2. The first-order chi connectivity index (χ1) is 12.2. The Morgan fingerprint density at radius 1 is 1.23 bits per heavy atom. The second-order valence-corrected chi connectivity index (χ2v) is 9.26. The second-order valence-electron chi connectivity index (χ2n) is 7.35. The number of nitrogens with one attached hydrogen (secondary N) is 1. The molecule has 1 aromatic carbocycles. The van der Waals surface area contributed by atoms with Gasteiger partial charge in [-0.05, 0) is 76.5 Å². The third-order valence-electron chi connectivity index (χ3n) is 5.03. The highest BCUT2D eigenvalue weighted by atomic mass is 32.2. The molecule has 0 saturated carbocycles. The van der Waals surface area contributed by atoms with Crippen LogP contribution in [-0.4, -0.2) is 58.2 Å². The molecule has 2 rings (SSSR count). The lowest BCUT2D eigenvalue weighted by molar-refractivity contribution is -0.122. The fourth-order valence-electron chi connectivity index (χ4n) is 3.20. The minimum absolute atomic E-state index is 0.00749. The Kier molecular flexibility index (Phi) is 7.06. The third kappa shape index (κ3) is 5.99. The molecule has 26 heavy (non-hydrogen) atoms. The highest BCUT2D eigenvalue weighted by Crippen LogP contribution is 2.21. The fourth-order valence-corrected chi connectivity index (χ4v) is 4.16. The van der Waals surface area contributed by atoms with E-state index in [1.54, 1.807) is 0 Å². The van der Waals surface area contributed by atoms with E-state index in [1.807, 2.05) is 32.0 Å². The van der Waals surface area contributed by atoms with Crippen LogP contribution in [0.25, 0.3) is 0 Å². The van der Waals surface area contributed by atoms with Gasteiger partial charge in [0, 0.05) is 19.0 Å². The monoisotopic (exact) mass is 381 g/mol. The van der Waals surface area contributed by atoms with Crippen LogP contribution in [0.15, 0.2) is 18.2 Å². The van der Waals surface area contributed by atoms with Gasteiger partial charge < -0.3 is 10.2 Å². The molecule has 1 aliphatic heterocycles. The Morgan fingerprint density at radius 3 is 2.46 bits per heavy atom. The summed E-state index contributed by atoms with van der Waals surface area (Å²) >= 11 is 0. The van der Waals surface area contributed by atoms with Crippen molar-refractivity contribution in [3.63, 3.8) is 0 Å². The van der Waals surface area contributed by atoms with Crippen LogP contribution in [0.3, 0.4) is 0 Å². The molecule has 7 heteroatoms. The summed E-state index contributed by atoms with van der Waals surface area (Å²) in [6, 6.07) is 5.87. The number of piperidine rings is 1. The first-order valence-electron chi connectivity index (χ1n) is 9.19. The van der Waals surface area contributed by atoms with E-state index in [1.165, 1.54) is 10.6 Å². The zero-order chi connectivity index (χ0) is 19.3. The predicted molar refractivity (Wildman–Crippen MR) is 106 cm³/mol. The van der Waals surface area contributed by atoms with Gasteiger partial charge in [-0.15, -0.1) is 0 Å². The first-order valence-corrected chi connectivity index (χ1v) is 11.0. The minimum atomic E-state index is -3.38. The van der Waals surface area contributed by atoms with Crippen molar-refractivity contribution in [2.75, 3.05) is 37.2 Å². The van der Waals surface area contributed by atoms with Gasteiger partial charge >= 0.3 is 0 Å². The maximum atomic E-state index is 12.2. The number of hydrogen-bond acceptors (Lipinski definition) is 4. The number of likely N-dealkylation sites (tertiary alicyclic amines) is 1. The number of rotatable bonds is 7. The molecule has 0 aliphatic carbocycles. The summed E-state index contributed by atoms with van der Waals surface area (Å²) < 4.78 is 25.7. The number of sulfonamides is 1. The predicted octanol–water partition coefficient (Wildman–Crippen LogP) is 2.06. The highest BCUT2D eigenvalue weighted by Gasteiger charge is 2.20. The van der Waals surface area contributed by atoms with Crippen LogP contribution < -0.4 is 9.62 Å². The highest BCUT2D eigenvalue weighted by molar-refractivity contribution is 7.92. The van der Waals surface area contributed by atoms with Gasteiger partial charge in [0.2, 0.25) is 15.9 Å². The molecule has 0 spiro atoms. The van der Waals surface area contributed by atoms with Crippen LogP contribution in [-0.2, 0) is 14.8 Å². The van der Waals surface area contributed by atoms with Crippen molar-refractivity contribution in [3.8, 4) is 0 Å². The third-order valence-corrected chi connectivity index (χ3v) is 6.22. The van der Waals surface area contributed by atoms with Crippen LogP contribution in [0.4, 0.5) is 5.69 Å². The number of nitrogens with zero attached hydrogens (tertiary/aromatic N) is 2. The molecule has 146 valence electrons. The lowest BCUT2D eigenvalue weighted by Crippen LogP contribution is -2.43. The molecule has 0 unspecified atom stereocenters. The van der Waals surface area contributed by atoms with Crippen LogP contribution >= 0.6 is 0 Å². The minimum Gasteiger partial charge on any atom is -0.353 e. The quantitative estimate of drug-likeness (QED) is 0.785. The van der Waals surface area contributed by atoms with Gasteiger partial charge in [-0.2, -0.15) is 0 Å². The maximum absolute atomic E-state index is 12.2. The van der Waals surface area contributed by atoms with Crippen molar-refractivity contribution in [2.45, 2.75) is 45.6 Å². The summed E-state index contributed by atoms with van der Waals surface area (Å²) in [5.74, 6) is 0.00749. The van der Waals surface area contributed by atoms with Crippen molar-refractivity contribution in [3.05, 3.63) is 29.3 Å². The summed E-state index contributed by atoms with van der Waals surface area (Å²) in [5, 5.41) is 3.07. The van der Waals surface area contributed by atoms with Gasteiger partial charge in [-0.3, -0.25) is 9.10 Å². The molecule has 1 aromatic rings. The lowest BCUT2D eigenvalue weighted by Gasteiger charge is -2.29. The van der Waals surface area contributed by atoms with Gasteiger partial charge in [0.25, 0.3) is 0 Å². The van der Waals surface area contributed by atoms with E-state index in [9.17, 15) is 13.2 Å². The Labute approximate surface area is 157 Å². The molecule has 0 bridgehead atoms. The summed E-state index contributed by atoms with van der Waals surface area (Å²) in [4.78, 5) is 14.4. The fraction of sp³-hybridized carbons (Fsp3) is 0.632. The van der Waals surface area contributed by atoms with E-state index in [0.29, 0.717) is 25.1 Å². The molecule has 1 aliphatic rings. The number of carbonyl (C=O) groups is 1. The van der Waals surface area contributed by atoms with Crippen molar-refractivity contribution >= 4 is 21.6 Å². The number of carbonyl (C=O) groups excluding carboxylic acids is 1. The van der Waals surface area contributed by atoms with E-state index in [0.717, 1.165) is 37.1 Å². The van der Waals surface area contributed by atoms with Crippen molar-refractivity contribution < 1.29 is 13.2 Å². The standard InChI is InChI=1S/C19H31N3O3S/c1-15-7-8-18(14-16(15)2)22(26(4,24)25)11-5-6-19(23)20-17-9-12-21(3)13-10-17/h7-8,14,17H,5-6,9-13H2,1-4H3,(H,20,23). The molecule has 6 nitrogen and oxygen atoms in total. The molecule has 1 heterocycles. The molecule has 0 atom stereocenters. The number of hydrogen-bond donors (Lipinski definition) is 1. The van der Waals surface area contributed by atoms with E-state index in [4.69, 9.17) is 0 Å². The van der Waals surface area contributed by atoms with E-state index in [-0.39, 0.29) is 11.9 Å². The topological polar surface area (TPSA) is 69.7 Å². The van der Waals surface area contributed by atoms with Crippen LogP contribution in [0.5, 0.6) is 0 Å². The molecule has 0 radical (unpaired) electrons. The largest absolute Gasteiger partial charge is 0.353 e. The molecule has 1 fully saturated rings. The Hall–Kier alpha value is -1.60. The first kappa shape index (κ1) is 20.7. The average molecular weight is 382 g/mol. The summed E-state index contributed by atoms with van der Waals surface area (Å²) in [6.45, 7) is 6.27. The van der Waals surface area contributed by atoms with Crippen molar-refractivity contribution in [2.24, 2.45) is 0 Å². The average Bonchev–Trinajstić information content (AvgIpc) is 2.55. The van der Waals surface area contributed by atoms with Crippen LogP contribution in [0.1, 0.15) is 36.8 Å². The smallest absolute Gasteiger partial charge is 0.232 e. The molecule has 1 N–H and O–H groups in total. The Balaban J connectivity index is 1.89. The number of anilines is 1. The number of amides is 1. The normalized spacial score (nSPS) is 16.5. The van der Waals surface area contributed by atoms with Crippen molar-refractivity contribution in [1.82, 2.24) is 10.2 Å². The zero-order valence-corrected chi connectivity index (χ0v) is 17.1. The van der Waals surface area contributed by atoms with E-state index in [2.05, 4.69) is 17.3 Å².